The van der Waals surface area contributed by atoms with Crippen molar-refractivity contribution in [2.45, 2.75) is 17.2 Å². The second-order valence-corrected chi connectivity index (χ2v) is 7.40. The van der Waals surface area contributed by atoms with Gasteiger partial charge in [-0.2, -0.15) is 0 Å². The Morgan fingerprint density at radius 1 is 1.21 bits per heavy atom. The smallest absolute Gasteiger partial charge is 0.251 e. The lowest BCUT2D eigenvalue weighted by Gasteiger charge is -2.11. The Hall–Kier alpha value is -2.38. The first kappa shape index (κ1) is 16.5. The molecule has 5 nitrogen and oxygen atoms in total. The molecule has 24 heavy (non-hydrogen) atoms. The van der Waals surface area contributed by atoms with Gasteiger partial charge >= 0.3 is 0 Å². The number of thiophene rings is 1. The molecule has 0 radical (unpaired) electrons. The molecule has 3 rings (SSSR count). The van der Waals surface area contributed by atoms with Crippen LogP contribution in [0.1, 0.15) is 17.3 Å². The minimum Gasteiger partial charge on any atom is -0.366 e. The van der Waals surface area contributed by atoms with Crippen molar-refractivity contribution in [2.75, 3.05) is 5.32 Å². The number of para-hydroxylation sites is 1. The number of nitrogens with zero attached hydrogens (tertiary/aromatic N) is 1. The monoisotopic (exact) mass is 357 g/mol. The van der Waals surface area contributed by atoms with E-state index in [2.05, 4.69) is 10.3 Å². The molecular weight excluding hydrogens is 342 g/mol. The second kappa shape index (κ2) is 7.02. The van der Waals surface area contributed by atoms with Crippen molar-refractivity contribution in [2.24, 2.45) is 5.73 Å². The molecule has 0 saturated carbocycles. The van der Waals surface area contributed by atoms with E-state index in [-0.39, 0.29) is 11.2 Å². The highest BCUT2D eigenvalue weighted by atomic mass is 32.2. The van der Waals surface area contributed by atoms with Crippen molar-refractivity contribution in [3.63, 3.8) is 0 Å². The number of nitrogens with one attached hydrogen (secondary N) is 1. The predicted molar refractivity (Wildman–Crippen MR) is 98.5 cm³/mol. The Balaban J connectivity index is 1.71. The summed E-state index contributed by atoms with van der Waals surface area (Å²) in [4.78, 5) is 28.2. The highest BCUT2D eigenvalue weighted by Crippen LogP contribution is 2.27. The molecule has 122 valence electrons. The van der Waals surface area contributed by atoms with Crippen molar-refractivity contribution in [3.8, 4) is 0 Å². The van der Waals surface area contributed by atoms with Gasteiger partial charge in [0.15, 0.2) is 0 Å². The van der Waals surface area contributed by atoms with Crippen LogP contribution in [0.4, 0.5) is 5.00 Å². The lowest BCUT2D eigenvalue weighted by atomic mass is 10.2. The van der Waals surface area contributed by atoms with Gasteiger partial charge in [0.05, 0.1) is 21.4 Å². The van der Waals surface area contributed by atoms with E-state index in [0.29, 0.717) is 10.6 Å². The Labute approximate surface area is 147 Å². The van der Waals surface area contributed by atoms with E-state index < -0.39 is 5.91 Å². The zero-order valence-electron chi connectivity index (χ0n) is 12.9. The topological polar surface area (TPSA) is 85.1 Å². The Morgan fingerprint density at radius 3 is 2.79 bits per heavy atom. The maximum atomic E-state index is 12.3. The van der Waals surface area contributed by atoms with Gasteiger partial charge in [-0.3, -0.25) is 9.59 Å². The number of benzene rings is 1. The standard InChI is InChI=1S/C17H15N3O2S2/c1-10(16(22)20-17-12(15(18)21)8-9-23-17)24-14-7-6-11-4-2-3-5-13(11)19-14/h2-10H,1H3,(H2,18,21)(H,20,22)/t10-/m1/s1. The van der Waals surface area contributed by atoms with Crippen LogP contribution in [-0.4, -0.2) is 22.0 Å². The molecule has 0 unspecified atom stereocenters. The van der Waals surface area contributed by atoms with Gasteiger partial charge in [0.1, 0.15) is 5.00 Å². The normalized spacial score (nSPS) is 12.0. The van der Waals surface area contributed by atoms with E-state index in [1.165, 1.54) is 23.1 Å². The van der Waals surface area contributed by atoms with Gasteiger partial charge in [-0.25, -0.2) is 4.98 Å². The number of carbonyl (C=O) groups is 2. The maximum absolute atomic E-state index is 12.3. The number of amides is 2. The summed E-state index contributed by atoms with van der Waals surface area (Å²) in [5.41, 5.74) is 6.51. The van der Waals surface area contributed by atoms with Gasteiger partial charge in [0.25, 0.3) is 5.91 Å². The van der Waals surface area contributed by atoms with E-state index >= 15 is 0 Å². The Bertz CT molecular complexity index is 907. The molecule has 0 saturated heterocycles. The molecule has 7 heteroatoms. The van der Waals surface area contributed by atoms with Crippen LogP contribution >= 0.6 is 23.1 Å². The maximum Gasteiger partial charge on any atom is 0.251 e. The molecule has 0 aliphatic carbocycles. The summed E-state index contributed by atoms with van der Waals surface area (Å²) in [6.45, 7) is 1.80. The zero-order chi connectivity index (χ0) is 17.1. The third-order valence-corrected chi connectivity index (χ3v) is 5.27. The van der Waals surface area contributed by atoms with Crippen LogP contribution in [0.2, 0.25) is 0 Å². The molecule has 0 fully saturated rings. The second-order valence-electron chi connectivity index (χ2n) is 5.12. The van der Waals surface area contributed by atoms with Crippen LogP contribution < -0.4 is 11.1 Å². The summed E-state index contributed by atoms with van der Waals surface area (Å²) in [7, 11) is 0. The van der Waals surface area contributed by atoms with Gasteiger partial charge < -0.3 is 11.1 Å². The van der Waals surface area contributed by atoms with Crippen LogP contribution in [0.15, 0.2) is 52.9 Å². The third-order valence-electron chi connectivity index (χ3n) is 3.41. The fourth-order valence-corrected chi connectivity index (χ4v) is 3.78. The Kier molecular flexibility index (Phi) is 4.82. The van der Waals surface area contributed by atoms with Crippen molar-refractivity contribution in [1.82, 2.24) is 4.98 Å². The summed E-state index contributed by atoms with van der Waals surface area (Å²) in [6, 6.07) is 13.3. The number of anilines is 1. The van der Waals surface area contributed by atoms with E-state index in [9.17, 15) is 9.59 Å². The summed E-state index contributed by atoms with van der Waals surface area (Å²) < 4.78 is 0. The molecule has 0 bridgehead atoms. The fourth-order valence-electron chi connectivity index (χ4n) is 2.16. The summed E-state index contributed by atoms with van der Waals surface area (Å²) in [5, 5.41) is 6.43. The van der Waals surface area contributed by atoms with Crippen LogP contribution in [0.3, 0.4) is 0 Å². The minimum absolute atomic E-state index is 0.195. The fraction of sp³-hybridized carbons (Fsp3) is 0.118. The number of nitrogens with two attached hydrogens (primary N) is 1. The number of thioether (sulfide) groups is 1. The average molecular weight is 357 g/mol. The van der Waals surface area contributed by atoms with E-state index in [4.69, 9.17) is 5.73 Å². The van der Waals surface area contributed by atoms with Crippen LogP contribution in [0, 0.1) is 0 Å². The average Bonchev–Trinajstić information content (AvgIpc) is 3.03. The summed E-state index contributed by atoms with van der Waals surface area (Å²) in [5.74, 6) is -0.747. The number of rotatable bonds is 5. The highest BCUT2D eigenvalue weighted by Gasteiger charge is 2.18. The Morgan fingerprint density at radius 2 is 2.00 bits per heavy atom. The molecule has 1 aromatic carbocycles. The number of aromatic nitrogens is 1. The van der Waals surface area contributed by atoms with E-state index in [1.807, 2.05) is 36.4 Å². The number of hydrogen-bond donors (Lipinski definition) is 2. The van der Waals surface area contributed by atoms with Crippen molar-refractivity contribution < 1.29 is 9.59 Å². The van der Waals surface area contributed by atoms with Crippen LogP contribution in [0.5, 0.6) is 0 Å². The summed E-state index contributed by atoms with van der Waals surface area (Å²) in [6.07, 6.45) is 0. The molecular formula is C17H15N3O2S2. The van der Waals surface area contributed by atoms with E-state index in [1.54, 1.807) is 18.4 Å². The first-order chi connectivity index (χ1) is 11.5. The number of primary amides is 1. The molecule has 1 atom stereocenters. The minimum atomic E-state index is -0.553. The molecule has 0 spiro atoms. The van der Waals surface area contributed by atoms with Gasteiger partial charge in [0.2, 0.25) is 5.91 Å². The molecule has 3 N–H and O–H groups in total. The van der Waals surface area contributed by atoms with Gasteiger partial charge in [0, 0.05) is 5.39 Å². The zero-order valence-corrected chi connectivity index (χ0v) is 14.5. The highest BCUT2D eigenvalue weighted by molar-refractivity contribution is 8.00. The quantitative estimate of drug-likeness (QED) is 0.684. The van der Waals surface area contributed by atoms with Crippen molar-refractivity contribution in [3.05, 3.63) is 53.4 Å². The molecule has 3 aromatic rings. The van der Waals surface area contributed by atoms with Gasteiger partial charge in [-0.1, -0.05) is 36.0 Å². The third kappa shape index (κ3) is 3.58. The molecule has 0 aliphatic rings. The first-order valence-electron chi connectivity index (χ1n) is 7.25. The number of pyridine rings is 1. The molecule has 2 amide bonds. The lowest BCUT2D eigenvalue weighted by Crippen LogP contribution is -2.23. The number of fused-ring (bicyclic) bond motifs is 1. The molecule has 0 aliphatic heterocycles. The van der Waals surface area contributed by atoms with Crippen molar-refractivity contribution >= 4 is 50.8 Å². The van der Waals surface area contributed by atoms with Crippen LogP contribution in [0.25, 0.3) is 10.9 Å². The largest absolute Gasteiger partial charge is 0.366 e. The number of carbonyl (C=O) groups excluding carboxylic acids is 2. The van der Waals surface area contributed by atoms with E-state index in [0.717, 1.165) is 15.9 Å². The summed E-state index contributed by atoms with van der Waals surface area (Å²) >= 11 is 2.64. The number of hydrogen-bond acceptors (Lipinski definition) is 5. The van der Waals surface area contributed by atoms with Gasteiger partial charge in [-0.15, -0.1) is 11.3 Å². The SMILES string of the molecule is C[C@@H](Sc1ccc2ccccc2n1)C(=O)Nc1sccc1C(N)=O. The first-order valence-corrected chi connectivity index (χ1v) is 9.01. The van der Waals surface area contributed by atoms with Gasteiger partial charge in [-0.05, 0) is 30.5 Å². The molecule has 2 heterocycles. The van der Waals surface area contributed by atoms with Crippen molar-refractivity contribution in [1.29, 1.82) is 0 Å². The molecule has 2 aromatic heterocycles. The van der Waals surface area contributed by atoms with Crippen LogP contribution in [-0.2, 0) is 4.79 Å². The predicted octanol–water partition coefficient (Wildman–Crippen LogP) is 3.51. The lowest BCUT2D eigenvalue weighted by molar-refractivity contribution is -0.115.